The third-order valence-electron chi connectivity index (χ3n) is 4.99. The summed E-state index contributed by atoms with van der Waals surface area (Å²) in [6.07, 6.45) is 8.14. The predicted molar refractivity (Wildman–Crippen MR) is 117 cm³/mol. The quantitative estimate of drug-likeness (QED) is 0.334. The molecule has 1 aromatic carbocycles. The lowest BCUT2D eigenvalue weighted by molar-refractivity contribution is 0.0692. The Morgan fingerprint density at radius 2 is 2.04 bits per heavy atom. The van der Waals surface area contributed by atoms with Gasteiger partial charge in [-0.25, -0.2) is 14.8 Å². The van der Waals surface area contributed by atoms with Gasteiger partial charge in [-0.3, -0.25) is 0 Å². The first kappa shape index (κ1) is 21.0. The lowest BCUT2D eigenvalue weighted by Gasteiger charge is -2.22. The number of thioether (sulfide) groups is 2. The van der Waals surface area contributed by atoms with Gasteiger partial charge < -0.3 is 10.4 Å². The molecular weight excluding hydrogens is 390 g/mol. The number of carbonyl (C=O) groups is 1. The van der Waals surface area contributed by atoms with E-state index >= 15 is 0 Å². The minimum Gasteiger partial charge on any atom is -0.477 e. The molecular formula is C21H27N3O2S2. The van der Waals surface area contributed by atoms with Crippen molar-refractivity contribution in [2.24, 2.45) is 5.92 Å². The van der Waals surface area contributed by atoms with E-state index in [4.69, 9.17) is 0 Å². The Morgan fingerprint density at radius 3 is 2.71 bits per heavy atom. The Kier molecular flexibility index (Phi) is 7.62. The van der Waals surface area contributed by atoms with E-state index in [1.54, 1.807) is 0 Å². The number of nitrogens with one attached hydrogen (secondary N) is 1. The number of carboxylic acids is 1. The van der Waals surface area contributed by atoms with E-state index in [2.05, 4.69) is 40.4 Å². The van der Waals surface area contributed by atoms with Crippen LogP contribution in [-0.4, -0.2) is 33.8 Å². The zero-order valence-corrected chi connectivity index (χ0v) is 18.0. The standard InChI is InChI=1S/C21H27N3O2S2/c1-14-7-6-10-16(11-14)13-28-19-17(20(25)26)18(23-21(24-19)27-2)22-12-15-8-4-3-5-9-15/h6-7,10-11,15H,3-5,8-9,12-13H2,1-2H3,(H,25,26)(H,22,23,24). The van der Waals surface area contributed by atoms with Crippen LogP contribution in [0.15, 0.2) is 34.4 Å². The summed E-state index contributed by atoms with van der Waals surface area (Å²) in [7, 11) is 0. The van der Waals surface area contributed by atoms with E-state index in [-0.39, 0.29) is 5.56 Å². The molecule has 0 spiro atoms. The molecule has 3 rings (SSSR count). The number of nitrogens with zero attached hydrogens (tertiary/aromatic N) is 2. The zero-order valence-electron chi connectivity index (χ0n) is 16.4. The summed E-state index contributed by atoms with van der Waals surface area (Å²) >= 11 is 2.89. The number of hydrogen-bond donors (Lipinski definition) is 2. The number of hydrogen-bond acceptors (Lipinski definition) is 6. The molecule has 7 heteroatoms. The Hall–Kier alpha value is -1.73. The second kappa shape index (κ2) is 10.2. The van der Waals surface area contributed by atoms with Crippen molar-refractivity contribution in [3.8, 4) is 0 Å². The first-order valence-electron chi connectivity index (χ1n) is 9.68. The molecule has 1 aliphatic rings. The molecule has 0 atom stereocenters. The second-order valence-corrected chi connectivity index (χ2v) is 8.94. The summed E-state index contributed by atoms with van der Waals surface area (Å²) in [6, 6.07) is 8.25. The number of anilines is 1. The van der Waals surface area contributed by atoms with Gasteiger partial charge in [0.25, 0.3) is 0 Å². The molecule has 2 aromatic rings. The molecule has 0 unspecified atom stereocenters. The Bertz CT molecular complexity index is 823. The van der Waals surface area contributed by atoms with Crippen molar-refractivity contribution in [1.29, 1.82) is 0 Å². The third-order valence-corrected chi connectivity index (χ3v) is 6.59. The SMILES string of the molecule is CSc1nc(NCC2CCCCC2)c(C(=O)O)c(SCc2cccc(C)c2)n1. The fraction of sp³-hybridized carbons (Fsp3) is 0.476. The highest BCUT2D eigenvalue weighted by Gasteiger charge is 2.22. The summed E-state index contributed by atoms with van der Waals surface area (Å²) in [5.41, 5.74) is 2.53. The molecule has 5 nitrogen and oxygen atoms in total. The van der Waals surface area contributed by atoms with Crippen LogP contribution in [0.5, 0.6) is 0 Å². The van der Waals surface area contributed by atoms with Crippen molar-refractivity contribution < 1.29 is 9.90 Å². The smallest absolute Gasteiger partial charge is 0.342 e. The van der Waals surface area contributed by atoms with Gasteiger partial charge in [-0.15, -0.1) is 11.8 Å². The number of rotatable bonds is 8. The first-order chi connectivity index (χ1) is 13.6. The number of benzene rings is 1. The minimum atomic E-state index is -0.981. The topological polar surface area (TPSA) is 75.1 Å². The highest BCUT2D eigenvalue weighted by atomic mass is 32.2. The van der Waals surface area contributed by atoms with Crippen molar-refractivity contribution in [3.05, 3.63) is 41.0 Å². The summed E-state index contributed by atoms with van der Waals surface area (Å²) in [5, 5.41) is 14.3. The van der Waals surface area contributed by atoms with Crippen molar-refractivity contribution in [1.82, 2.24) is 9.97 Å². The van der Waals surface area contributed by atoms with Gasteiger partial charge >= 0.3 is 5.97 Å². The summed E-state index contributed by atoms with van der Waals surface area (Å²) in [6.45, 7) is 2.83. The zero-order chi connectivity index (χ0) is 19.9. The van der Waals surface area contributed by atoms with Crippen LogP contribution in [0.3, 0.4) is 0 Å². The lowest BCUT2D eigenvalue weighted by atomic mass is 9.89. The Morgan fingerprint density at radius 1 is 1.25 bits per heavy atom. The van der Waals surface area contributed by atoms with Gasteiger partial charge in [0, 0.05) is 12.3 Å². The fourth-order valence-corrected chi connectivity index (χ4v) is 4.91. The molecule has 0 amide bonds. The summed E-state index contributed by atoms with van der Waals surface area (Å²) < 4.78 is 0. The summed E-state index contributed by atoms with van der Waals surface area (Å²) in [4.78, 5) is 21.0. The molecule has 28 heavy (non-hydrogen) atoms. The van der Waals surface area contributed by atoms with Crippen LogP contribution in [0.4, 0.5) is 5.82 Å². The maximum atomic E-state index is 12.0. The van der Waals surface area contributed by atoms with E-state index in [9.17, 15) is 9.90 Å². The number of aryl methyl sites for hydroxylation is 1. The number of aromatic nitrogens is 2. The molecule has 0 aliphatic heterocycles. The number of carboxylic acid groups (broad SMARTS) is 1. The van der Waals surface area contributed by atoms with E-state index < -0.39 is 5.97 Å². The third kappa shape index (κ3) is 5.64. The molecule has 150 valence electrons. The molecule has 0 bridgehead atoms. The minimum absolute atomic E-state index is 0.186. The number of aromatic carboxylic acids is 1. The molecule has 1 aliphatic carbocycles. The molecule has 0 radical (unpaired) electrons. The molecule has 1 aromatic heterocycles. The maximum Gasteiger partial charge on any atom is 0.342 e. The highest BCUT2D eigenvalue weighted by Crippen LogP contribution is 2.31. The average Bonchev–Trinajstić information content (AvgIpc) is 2.70. The first-order valence-corrected chi connectivity index (χ1v) is 11.9. The average molecular weight is 418 g/mol. The summed E-state index contributed by atoms with van der Waals surface area (Å²) in [5.74, 6) is 0.732. The highest BCUT2D eigenvalue weighted by molar-refractivity contribution is 7.99. The van der Waals surface area contributed by atoms with Crippen LogP contribution in [0.25, 0.3) is 0 Å². The van der Waals surface area contributed by atoms with Crippen LogP contribution >= 0.6 is 23.5 Å². The predicted octanol–water partition coefficient (Wildman–Crippen LogP) is 5.49. The second-order valence-electron chi connectivity index (χ2n) is 7.21. The van der Waals surface area contributed by atoms with Crippen molar-refractivity contribution >= 4 is 35.3 Å². The lowest BCUT2D eigenvalue weighted by Crippen LogP contribution is -2.20. The van der Waals surface area contributed by atoms with Crippen LogP contribution in [0.1, 0.15) is 53.6 Å². The van der Waals surface area contributed by atoms with Crippen molar-refractivity contribution in [2.75, 3.05) is 18.1 Å². The maximum absolute atomic E-state index is 12.0. The molecule has 1 fully saturated rings. The molecule has 0 saturated heterocycles. The van der Waals surface area contributed by atoms with Crippen LogP contribution in [0, 0.1) is 12.8 Å². The van der Waals surface area contributed by atoms with Gasteiger partial charge in [-0.2, -0.15) is 0 Å². The van der Waals surface area contributed by atoms with Gasteiger partial charge in [-0.1, -0.05) is 60.9 Å². The van der Waals surface area contributed by atoms with Gasteiger partial charge in [-0.05, 0) is 37.5 Å². The Labute approximate surface area is 175 Å². The van der Waals surface area contributed by atoms with Crippen LogP contribution in [0.2, 0.25) is 0 Å². The van der Waals surface area contributed by atoms with Gasteiger partial charge in [0.05, 0.1) is 0 Å². The normalized spacial score (nSPS) is 14.8. The Balaban J connectivity index is 1.81. The van der Waals surface area contributed by atoms with E-state index in [0.29, 0.717) is 27.7 Å². The largest absolute Gasteiger partial charge is 0.477 e. The fourth-order valence-electron chi connectivity index (χ4n) is 3.52. The van der Waals surface area contributed by atoms with Gasteiger partial charge in [0.2, 0.25) is 0 Å². The molecule has 1 heterocycles. The van der Waals surface area contributed by atoms with Crippen LogP contribution < -0.4 is 5.32 Å². The van der Waals surface area contributed by atoms with Gasteiger partial charge in [0.15, 0.2) is 5.16 Å². The monoisotopic (exact) mass is 417 g/mol. The molecule has 2 N–H and O–H groups in total. The van der Waals surface area contributed by atoms with E-state index in [0.717, 1.165) is 12.1 Å². The van der Waals surface area contributed by atoms with Gasteiger partial charge in [0.1, 0.15) is 16.4 Å². The van der Waals surface area contributed by atoms with E-state index in [1.807, 2.05) is 12.3 Å². The van der Waals surface area contributed by atoms with Crippen molar-refractivity contribution in [2.45, 2.75) is 55.0 Å². The van der Waals surface area contributed by atoms with E-state index in [1.165, 1.54) is 61.2 Å². The molecule has 1 saturated carbocycles. The van der Waals surface area contributed by atoms with Crippen molar-refractivity contribution in [3.63, 3.8) is 0 Å². The van der Waals surface area contributed by atoms with Crippen LogP contribution in [-0.2, 0) is 5.75 Å².